The summed E-state index contributed by atoms with van der Waals surface area (Å²) in [6, 6.07) is 10.1. The van der Waals surface area contributed by atoms with Crippen LogP contribution in [0.1, 0.15) is 45.0 Å². The molecule has 0 aliphatic heterocycles. The molecule has 1 aromatic carbocycles. The fraction of sp³-hybridized carbons (Fsp3) is 0.467. The number of hydrogen-bond donors (Lipinski definition) is 1. The Kier molecular flexibility index (Phi) is 3.45. The zero-order chi connectivity index (χ0) is 14.1. The molecule has 0 bridgehead atoms. The van der Waals surface area contributed by atoms with Crippen LogP contribution >= 0.6 is 0 Å². The van der Waals surface area contributed by atoms with Crippen LogP contribution < -0.4 is 5.73 Å². The molecule has 0 unspecified atom stereocenters. The van der Waals surface area contributed by atoms with E-state index in [0.29, 0.717) is 18.1 Å². The van der Waals surface area contributed by atoms with E-state index in [4.69, 9.17) is 10.3 Å². The largest absolute Gasteiger partial charge is 0.339 e. The maximum Gasteiger partial charge on any atom is 0.234 e. The van der Waals surface area contributed by atoms with Gasteiger partial charge in [0, 0.05) is 12.0 Å². The first-order valence-electron chi connectivity index (χ1n) is 6.46. The summed E-state index contributed by atoms with van der Waals surface area (Å²) in [5, 5.41) is 4.05. The summed E-state index contributed by atoms with van der Waals surface area (Å²) in [4.78, 5) is 4.49. The third-order valence-corrected chi connectivity index (χ3v) is 3.82. The molecule has 2 rings (SSSR count). The van der Waals surface area contributed by atoms with E-state index in [9.17, 15) is 0 Å². The fourth-order valence-electron chi connectivity index (χ4n) is 1.63. The number of nitrogens with zero attached hydrogens (tertiary/aromatic N) is 2. The lowest BCUT2D eigenvalue weighted by Crippen LogP contribution is -2.50. The highest BCUT2D eigenvalue weighted by Gasteiger charge is 2.40. The third kappa shape index (κ3) is 2.84. The maximum atomic E-state index is 6.18. The number of hydrogen-bond acceptors (Lipinski definition) is 4. The minimum atomic E-state index is -0.427. The van der Waals surface area contributed by atoms with Gasteiger partial charge in [0.2, 0.25) is 5.89 Å². The number of aromatic nitrogens is 2. The molecule has 0 aliphatic rings. The Morgan fingerprint density at radius 2 is 1.74 bits per heavy atom. The van der Waals surface area contributed by atoms with Crippen molar-refractivity contribution in [3.63, 3.8) is 0 Å². The van der Waals surface area contributed by atoms with Gasteiger partial charge in [-0.1, -0.05) is 35.5 Å². The van der Waals surface area contributed by atoms with E-state index in [0.717, 1.165) is 0 Å². The highest BCUT2D eigenvalue weighted by atomic mass is 16.5. The van der Waals surface area contributed by atoms with Crippen molar-refractivity contribution in [2.24, 2.45) is 5.73 Å². The van der Waals surface area contributed by atoms with E-state index in [1.807, 2.05) is 58.0 Å². The summed E-state index contributed by atoms with van der Waals surface area (Å²) in [7, 11) is 0. The maximum absolute atomic E-state index is 6.18. The van der Waals surface area contributed by atoms with Crippen molar-refractivity contribution < 1.29 is 4.52 Å². The molecule has 0 amide bonds. The second-order valence-electron chi connectivity index (χ2n) is 6.02. The standard InChI is InChI=1S/C15H21N3O/c1-14(2,15(3,4)16)13-17-12(18-19-13)10-11-8-6-5-7-9-11/h5-9H,10,16H2,1-4H3. The van der Waals surface area contributed by atoms with Gasteiger partial charge in [0.05, 0.1) is 5.41 Å². The van der Waals surface area contributed by atoms with E-state index in [2.05, 4.69) is 10.1 Å². The first-order chi connectivity index (χ1) is 8.80. The monoisotopic (exact) mass is 259 g/mol. The van der Waals surface area contributed by atoms with Gasteiger partial charge in [0.1, 0.15) is 0 Å². The van der Waals surface area contributed by atoms with Crippen LogP contribution in [0.5, 0.6) is 0 Å². The quantitative estimate of drug-likeness (QED) is 0.916. The van der Waals surface area contributed by atoms with Crippen molar-refractivity contribution in [2.75, 3.05) is 0 Å². The Morgan fingerprint density at radius 1 is 1.11 bits per heavy atom. The molecule has 19 heavy (non-hydrogen) atoms. The van der Waals surface area contributed by atoms with E-state index in [1.165, 1.54) is 5.56 Å². The second kappa shape index (κ2) is 4.78. The second-order valence-corrected chi connectivity index (χ2v) is 6.02. The van der Waals surface area contributed by atoms with Gasteiger partial charge in [0.25, 0.3) is 0 Å². The lowest BCUT2D eigenvalue weighted by Gasteiger charge is -2.34. The molecule has 4 nitrogen and oxygen atoms in total. The van der Waals surface area contributed by atoms with Crippen LogP contribution in [0, 0.1) is 0 Å². The van der Waals surface area contributed by atoms with Crippen LogP contribution in [0.15, 0.2) is 34.9 Å². The summed E-state index contributed by atoms with van der Waals surface area (Å²) < 4.78 is 5.39. The zero-order valence-electron chi connectivity index (χ0n) is 12.0. The number of benzene rings is 1. The molecule has 0 saturated carbocycles. The molecule has 102 valence electrons. The molecule has 1 heterocycles. The Bertz CT molecular complexity index is 538. The van der Waals surface area contributed by atoms with Gasteiger partial charge in [-0.3, -0.25) is 0 Å². The van der Waals surface area contributed by atoms with Gasteiger partial charge in [0.15, 0.2) is 5.82 Å². The minimum absolute atomic E-state index is 0.366. The van der Waals surface area contributed by atoms with E-state index in [-0.39, 0.29) is 5.41 Å². The fourth-order valence-corrected chi connectivity index (χ4v) is 1.63. The summed E-state index contributed by atoms with van der Waals surface area (Å²) >= 11 is 0. The van der Waals surface area contributed by atoms with Crippen molar-refractivity contribution in [1.82, 2.24) is 10.1 Å². The topological polar surface area (TPSA) is 64.9 Å². The average Bonchev–Trinajstić information content (AvgIpc) is 2.78. The summed E-state index contributed by atoms with van der Waals surface area (Å²) in [5.74, 6) is 1.28. The predicted molar refractivity (Wildman–Crippen MR) is 74.8 cm³/mol. The Hall–Kier alpha value is -1.68. The van der Waals surface area contributed by atoms with Gasteiger partial charge in [-0.25, -0.2) is 0 Å². The van der Waals surface area contributed by atoms with Crippen molar-refractivity contribution in [2.45, 2.75) is 45.1 Å². The van der Waals surface area contributed by atoms with Crippen LogP contribution in [-0.2, 0) is 11.8 Å². The van der Waals surface area contributed by atoms with Crippen molar-refractivity contribution >= 4 is 0 Å². The Morgan fingerprint density at radius 3 is 2.32 bits per heavy atom. The van der Waals surface area contributed by atoms with Gasteiger partial charge in [-0.15, -0.1) is 0 Å². The summed E-state index contributed by atoms with van der Waals surface area (Å²) in [5.41, 5.74) is 6.55. The summed E-state index contributed by atoms with van der Waals surface area (Å²) in [6.45, 7) is 7.97. The normalized spacial score (nSPS) is 12.7. The number of nitrogens with two attached hydrogens (primary N) is 1. The molecule has 4 heteroatoms. The van der Waals surface area contributed by atoms with Crippen molar-refractivity contribution in [3.05, 3.63) is 47.6 Å². The molecular weight excluding hydrogens is 238 g/mol. The molecule has 0 aliphatic carbocycles. The first kappa shape index (κ1) is 13.7. The smallest absolute Gasteiger partial charge is 0.234 e. The Labute approximate surface area is 114 Å². The molecule has 0 fully saturated rings. The molecule has 0 saturated heterocycles. The highest BCUT2D eigenvalue weighted by Crippen LogP contribution is 2.31. The van der Waals surface area contributed by atoms with Gasteiger partial charge in [-0.2, -0.15) is 4.98 Å². The van der Waals surface area contributed by atoms with Crippen LogP contribution in [0.4, 0.5) is 0 Å². The van der Waals surface area contributed by atoms with Gasteiger partial charge < -0.3 is 10.3 Å². The highest BCUT2D eigenvalue weighted by molar-refractivity contribution is 5.19. The molecule has 0 radical (unpaired) electrons. The number of rotatable bonds is 4. The third-order valence-electron chi connectivity index (χ3n) is 3.82. The zero-order valence-corrected chi connectivity index (χ0v) is 12.0. The minimum Gasteiger partial charge on any atom is -0.339 e. The molecule has 2 N–H and O–H groups in total. The Balaban J connectivity index is 2.20. The lowest BCUT2D eigenvalue weighted by atomic mass is 9.75. The van der Waals surface area contributed by atoms with Crippen molar-refractivity contribution in [1.29, 1.82) is 0 Å². The van der Waals surface area contributed by atoms with Crippen LogP contribution in [0.2, 0.25) is 0 Å². The van der Waals surface area contributed by atoms with E-state index < -0.39 is 5.54 Å². The average molecular weight is 259 g/mol. The van der Waals surface area contributed by atoms with Crippen LogP contribution in [0.25, 0.3) is 0 Å². The predicted octanol–water partition coefficient (Wildman–Crippen LogP) is 2.68. The van der Waals surface area contributed by atoms with Gasteiger partial charge in [-0.05, 0) is 33.3 Å². The van der Waals surface area contributed by atoms with E-state index >= 15 is 0 Å². The van der Waals surface area contributed by atoms with Gasteiger partial charge >= 0.3 is 0 Å². The van der Waals surface area contributed by atoms with E-state index in [1.54, 1.807) is 0 Å². The van der Waals surface area contributed by atoms with Crippen molar-refractivity contribution in [3.8, 4) is 0 Å². The molecular formula is C15H21N3O. The molecule has 1 aromatic heterocycles. The first-order valence-corrected chi connectivity index (χ1v) is 6.46. The molecule has 2 aromatic rings. The summed E-state index contributed by atoms with van der Waals surface area (Å²) in [6.07, 6.45) is 0.672. The molecule has 0 spiro atoms. The SMILES string of the molecule is CC(C)(N)C(C)(C)c1nc(Cc2ccccc2)no1. The molecule has 0 atom stereocenters. The van der Waals surface area contributed by atoms with Crippen LogP contribution in [0.3, 0.4) is 0 Å². The van der Waals surface area contributed by atoms with Crippen LogP contribution in [-0.4, -0.2) is 15.7 Å². The lowest BCUT2D eigenvalue weighted by molar-refractivity contribution is 0.222.